The highest BCUT2D eigenvalue weighted by molar-refractivity contribution is 5.86. The molecule has 4 rings (SSSR count). The Hall–Kier alpha value is -3.68. The van der Waals surface area contributed by atoms with Crippen LogP contribution >= 0.6 is 0 Å². The molecule has 1 heterocycles. The third-order valence-electron chi connectivity index (χ3n) is 9.55. The first-order valence-corrected chi connectivity index (χ1v) is 15.8. The Morgan fingerprint density at radius 2 is 1.80 bits per heavy atom. The molecule has 0 spiro atoms. The number of esters is 3. The number of unbranched alkanes of at least 4 members (excludes halogenated alkanes) is 1. The normalized spacial score (nSPS) is 26.1. The van der Waals surface area contributed by atoms with Crippen LogP contribution in [-0.2, 0) is 45.2 Å². The molecular weight excluding hydrogens is 598 g/mol. The second-order valence-corrected chi connectivity index (χ2v) is 12.5. The number of rotatable bonds is 14. The summed E-state index contributed by atoms with van der Waals surface area (Å²) >= 11 is 0. The number of carbonyl (C=O) groups excluding carboxylic acids is 4. The number of methoxy groups -OCH3 is 1. The number of nitrogens with zero attached hydrogens (tertiary/aromatic N) is 1. The molecule has 4 N–H and O–H groups in total. The van der Waals surface area contributed by atoms with Gasteiger partial charge in [-0.05, 0) is 84.3 Å². The largest absolute Gasteiger partial charge is 0.493 e. The third kappa shape index (κ3) is 6.32. The predicted molar refractivity (Wildman–Crippen MR) is 166 cm³/mol. The van der Waals surface area contributed by atoms with Gasteiger partial charge < -0.3 is 44.7 Å². The van der Waals surface area contributed by atoms with E-state index < -0.39 is 59.2 Å². The molecule has 46 heavy (non-hydrogen) atoms. The van der Waals surface area contributed by atoms with E-state index in [1.165, 1.54) is 20.8 Å². The minimum atomic E-state index is -1.36. The van der Waals surface area contributed by atoms with Gasteiger partial charge in [-0.1, -0.05) is 13.0 Å². The summed E-state index contributed by atoms with van der Waals surface area (Å²) in [7, 11) is 3.52. The number of hydrogen-bond acceptors (Lipinski definition) is 12. The van der Waals surface area contributed by atoms with E-state index in [4.69, 9.17) is 29.4 Å². The number of likely N-dealkylation sites (N-methyl/N-ethyl adjacent to an activating group) is 1. The quantitative estimate of drug-likeness (QED) is 0.152. The van der Waals surface area contributed by atoms with Crippen molar-refractivity contribution in [2.45, 2.75) is 108 Å². The van der Waals surface area contributed by atoms with Crippen LogP contribution < -0.4 is 20.5 Å². The van der Waals surface area contributed by atoms with Crippen molar-refractivity contribution < 1.29 is 48.0 Å². The topological polar surface area (TPSA) is 176 Å². The molecule has 0 saturated carbocycles. The predicted octanol–water partition coefficient (Wildman–Crippen LogP) is 1.65. The van der Waals surface area contributed by atoms with E-state index in [0.29, 0.717) is 43.7 Å². The zero-order valence-electron chi connectivity index (χ0n) is 27.7. The summed E-state index contributed by atoms with van der Waals surface area (Å²) in [5.41, 5.74) is 5.13. The van der Waals surface area contributed by atoms with Crippen LogP contribution in [0.4, 0.5) is 0 Å². The van der Waals surface area contributed by atoms with Crippen LogP contribution in [0.25, 0.3) is 0 Å². The fourth-order valence-corrected chi connectivity index (χ4v) is 6.85. The zero-order chi connectivity index (χ0) is 34.0. The maximum Gasteiger partial charge on any atom is 0.352 e. The van der Waals surface area contributed by atoms with Gasteiger partial charge in [0.05, 0.1) is 18.1 Å². The van der Waals surface area contributed by atoms with Crippen LogP contribution in [0.15, 0.2) is 24.0 Å². The molecular formula is C33H47N3O10. The first-order valence-electron chi connectivity index (χ1n) is 15.8. The Morgan fingerprint density at radius 3 is 2.43 bits per heavy atom. The van der Waals surface area contributed by atoms with Crippen LogP contribution in [0.3, 0.4) is 0 Å². The molecule has 1 amide bonds. The van der Waals surface area contributed by atoms with E-state index in [2.05, 4.69) is 10.2 Å². The standard InChI is InChI=1S/C33H47N3O10/c1-8-36(6)25-17-21-12-13-23(42-7)27-26(21)32(5)28(46-27)24(14-15-33(25,32)41)45-30(39)19(3)43-29(38)18(2)44-31(40)22(35-20(4)37)11-9-10-16-34/h12-14,18-19,22,25,28,41H,8-11,15-17,34H2,1-7H3,(H,35,37)/t18-,19-,22-,25+,28-,32-,33+/m0/s1. The Balaban J connectivity index is 1.48. The molecule has 0 fully saturated rings. The lowest BCUT2D eigenvalue weighted by atomic mass is 9.54. The molecule has 1 aromatic rings. The van der Waals surface area contributed by atoms with Crippen molar-refractivity contribution in [3.63, 3.8) is 0 Å². The molecule has 3 aliphatic rings. The maximum absolute atomic E-state index is 13.3. The van der Waals surface area contributed by atoms with Crippen LogP contribution in [0.5, 0.6) is 11.5 Å². The van der Waals surface area contributed by atoms with E-state index in [1.807, 2.05) is 33.0 Å². The number of benzene rings is 1. The molecule has 254 valence electrons. The number of nitrogens with two attached hydrogens (primary N) is 1. The van der Waals surface area contributed by atoms with Crippen molar-refractivity contribution in [1.29, 1.82) is 0 Å². The lowest BCUT2D eigenvalue weighted by Gasteiger charge is -2.56. The van der Waals surface area contributed by atoms with Gasteiger partial charge in [-0.3, -0.25) is 4.79 Å². The highest BCUT2D eigenvalue weighted by Crippen LogP contribution is 2.62. The SMILES string of the molecule is CCN(C)[C@@H]1Cc2ccc(OC)c3c2[C@@]2(C)[C@@H](O3)C(OC(=O)[C@H](C)OC(=O)[C@H](C)OC(=O)[C@H](CCCCN)NC(C)=O)=CC[C@@]12O. The van der Waals surface area contributed by atoms with Crippen molar-refractivity contribution in [3.05, 3.63) is 35.1 Å². The van der Waals surface area contributed by atoms with Crippen molar-refractivity contribution in [2.24, 2.45) is 5.73 Å². The minimum Gasteiger partial charge on any atom is -0.493 e. The van der Waals surface area contributed by atoms with Gasteiger partial charge in [0.1, 0.15) is 11.8 Å². The first-order chi connectivity index (χ1) is 21.7. The van der Waals surface area contributed by atoms with E-state index in [9.17, 15) is 24.3 Å². The first kappa shape index (κ1) is 35.2. The Labute approximate surface area is 269 Å². The smallest absolute Gasteiger partial charge is 0.352 e. The van der Waals surface area contributed by atoms with Crippen LogP contribution in [0.1, 0.15) is 71.4 Å². The van der Waals surface area contributed by atoms with Crippen LogP contribution in [0, 0.1) is 0 Å². The van der Waals surface area contributed by atoms with Gasteiger partial charge in [0.25, 0.3) is 0 Å². The molecule has 0 aromatic heterocycles. The number of carbonyl (C=O) groups is 4. The second-order valence-electron chi connectivity index (χ2n) is 12.5. The molecule has 0 saturated heterocycles. The highest BCUT2D eigenvalue weighted by Gasteiger charge is 2.68. The highest BCUT2D eigenvalue weighted by atomic mass is 16.6. The fourth-order valence-electron chi connectivity index (χ4n) is 6.85. The monoisotopic (exact) mass is 645 g/mol. The van der Waals surface area contributed by atoms with Gasteiger partial charge in [-0.25, -0.2) is 14.4 Å². The summed E-state index contributed by atoms with van der Waals surface area (Å²) in [5.74, 6) is -1.84. The molecule has 1 aromatic carbocycles. The molecule has 7 atom stereocenters. The lowest BCUT2D eigenvalue weighted by Crippen LogP contribution is -2.69. The Morgan fingerprint density at radius 1 is 1.13 bits per heavy atom. The van der Waals surface area contributed by atoms with Crippen molar-refractivity contribution in [3.8, 4) is 11.5 Å². The number of aliphatic hydroxyl groups is 1. The molecule has 1 aliphatic heterocycles. The molecule has 13 nitrogen and oxygen atoms in total. The lowest BCUT2D eigenvalue weighted by molar-refractivity contribution is -0.177. The fraction of sp³-hybridized carbons (Fsp3) is 0.636. The summed E-state index contributed by atoms with van der Waals surface area (Å²) in [5, 5.41) is 14.9. The van der Waals surface area contributed by atoms with Gasteiger partial charge in [0, 0.05) is 24.9 Å². The van der Waals surface area contributed by atoms with Gasteiger partial charge in [0.15, 0.2) is 29.8 Å². The van der Waals surface area contributed by atoms with Crippen molar-refractivity contribution in [2.75, 3.05) is 27.2 Å². The zero-order valence-corrected chi connectivity index (χ0v) is 27.7. The van der Waals surface area contributed by atoms with Crippen molar-refractivity contribution in [1.82, 2.24) is 10.2 Å². The number of hydrogen-bond donors (Lipinski definition) is 3. The maximum atomic E-state index is 13.3. The van der Waals surface area contributed by atoms with Gasteiger partial charge >= 0.3 is 17.9 Å². The van der Waals surface area contributed by atoms with E-state index in [1.54, 1.807) is 13.2 Å². The number of nitrogens with one attached hydrogen (secondary N) is 1. The average molecular weight is 646 g/mol. The number of amides is 1. The summed E-state index contributed by atoms with van der Waals surface area (Å²) in [4.78, 5) is 52.4. The Kier molecular flexibility index (Phi) is 10.7. The minimum absolute atomic E-state index is 0.193. The molecule has 0 bridgehead atoms. The Bertz CT molecular complexity index is 1380. The van der Waals surface area contributed by atoms with Crippen LogP contribution in [0.2, 0.25) is 0 Å². The van der Waals surface area contributed by atoms with E-state index in [-0.39, 0.29) is 18.2 Å². The van der Waals surface area contributed by atoms with E-state index >= 15 is 0 Å². The van der Waals surface area contributed by atoms with Crippen LogP contribution in [-0.4, -0.2) is 97.1 Å². The van der Waals surface area contributed by atoms with Gasteiger partial charge in [0.2, 0.25) is 5.91 Å². The average Bonchev–Trinajstić information content (AvgIpc) is 3.35. The summed E-state index contributed by atoms with van der Waals surface area (Å²) in [6.07, 6.45) is 0.400. The number of ether oxygens (including phenoxy) is 5. The summed E-state index contributed by atoms with van der Waals surface area (Å²) in [6, 6.07) is 2.64. The summed E-state index contributed by atoms with van der Waals surface area (Å²) in [6.45, 7) is 9.05. The molecule has 2 aliphatic carbocycles. The summed E-state index contributed by atoms with van der Waals surface area (Å²) < 4.78 is 28.4. The molecule has 0 unspecified atom stereocenters. The second kappa shape index (κ2) is 14.0. The third-order valence-corrected chi connectivity index (χ3v) is 9.55. The molecule has 13 heteroatoms. The van der Waals surface area contributed by atoms with Gasteiger partial charge in [-0.15, -0.1) is 0 Å². The molecule has 0 radical (unpaired) electrons. The van der Waals surface area contributed by atoms with Crippen molar-refractivity contribution >= 4 is 23.8 Å². The van der Waals surface area contributed by atoms with E-state index in [0.717, 1.165) is 17.7 Å². The van der Waals surface area contributed by atoms with Gasteiger partial charge in [-0.2, -0.15) is 0 Å².